The van der Waals surface area contributed by atoms with E-state index in [-0.39, 0.29) is 0 Å². The Hall–Kier alpha value is -4.09. The van der Waals surface area contributed by atoms with Crippen LogP contribution in [-0.4, -0.2) is 49.3 Å². The average molecular weight is 609 g/mol. The lowest BCUT2D eigenvalue weighted by atomic mass is 10.0. The van der Waals surface area contributed by atoms with Crippen molar-refractivity contribution < 1.29 is 18.0 Å². The third-order valence-corrected chi connectivity index (χ3v) is 6.61. The van der Waals surface area contributed by atoms with E-state index in [4.69, 9.17) is 5.26 Å². The summed E-state index contributed by atoms with van der Waals surface area (Å²) >= 11 is 0. The number of hydrogen-bond acceptors (Lipinski definition) is 5. The van der Waals surface area contributed by atoms with Crippen LogP contribution in [0.4, 0.5) is 18.9 Å². The van der Waals surface area contributed by atoms with E-state index < -0.39 is 17.3 Å². The van der Waals surface area contributed by atoms with Gasteiger partial charge in [0.2, 0.25) is 0 Å². The molecule has 4 rings (SSSR count). The molecule has 0 unspecified atom stereocenters. The second kappa shape index (κ2) is 20.8. The Bertz CT molecular complexity index is 1290. The number of benzene rings is 3. The Morgan fingerprint density at radius 1 is 1.02 bits per heavy atom. The van der Waals surface area contributed by atoms with Crippen LogP contribution in [0.25, 0.3) is 11.1 Å². The van der Waals surface area contributed by atoms with Crippen LogP contribution >= 0.6 is 0 Å². The van der Waals surface area contributed by atoms with Gasteiger partial charge in [0, 0.05) is 26.2 Å². The third kappa shape index (κ3) is 13.9. The monoisotopic (exact) mass is 608 g/mol. The molecule has 1 saturated heterocycles. The summed E-state index contributed by atoms with van der Waals surface area (Å²) in [5.74, 6) is -4.02. The summed E-state index contributed by atoms with van der Waals surface area (Å²) in [6.45, 7) is 15.8. The van der Waals surface area contributed by atoms with Crippen LogP contribution in [0.15, 0.2) is 79.5 Å². The van der Waals surface area contributed by atoms with Gasteiger partial charge in [-0.2, -0.15) is 5.26 Å². The molecule has 0 radical (unpaired) electrons. The second-order valence-electron chi connectivity index (χ2n) is 10.3. The normalized spacial score (nSPS) is 12.2. The Morgan fingerprint density at radius 2 is 1.66 bits per heavy atom. The van der Waals surface area contributed by atoms with Gasteiger partial charge in [0.05, 0.1) is 23.7 Å². The van der Waals surface area contributed by atoms with Crippen molar-refractivity contribution in [2.45, 2.75) is 59.4 Å². The molecular weight excluding hydrogens is 561 g/mol. The fourth-order valence-corrected chi connectivity index (χ4v) is 4.22. The molecule has 0 atom stereocenters. The molecule has 0 amide bonds. The van der Waals surface area contributed by atoms with Gasteiger partial charge < -0.3 is 19.9 Å². The summed E-state index contributed by atoms with van der Waals surface area (Å²) in [4.78, 5) is 14.9. The highest BCUT2D eigenvalue weighted by Gasteiger charge is 2.28. The number of nitriles is 1. The number of aldehydes is 1. The molecule has 1 aliphatic heterocycles. The first-order valence-corrected chi connectivity index (χ1v) is 15.0. The zero-order chi connectivity index (χ0) is 33.0. The third-order valence-electron chi connectivity index (χ3n) is 6.61. The average Bonchev–Trinajstić information content (AvgIpc) is 3.56. The maximum Gasteiger partial charge on any atom is 0.273 e. The molecule has 1 heterocycles. The van der Waals surface area contributed by atoms with Gasteiger partial charge >= 0.3 is 0 Å². The number of hydrogen-bond donors (Lipinski definition) is 1. The Kier molecular flexibility index (Phi) is 17.9. The number of alkyl halides is 2. The minimum Gasteiger partial charge on any atom is -0.388 e. The molecule has 8 heteroatoms. The first-order valence-electron chi connectivity index (χ1n) is 15.0. The fourth-order valence-electron chi connectivity index (χ4n) is 4.22. The molecule has 0 aliphatic carbocycles. The summed E-state index contributed by atoms with van der Waals surface area (Å²) in [6, 6.07) is 21.3. The Labute approximate surface area is 262 Å². The van der Waals surface area contributed by atoms with E-state index in [1.165, 1.54) is 45.0 Å². The van der Waals surface area contributed by atoms with E-state index in [1.54, 1.807) is 19.3 Å². The predicted octanol–water partition coefficient (Wildman–Crippen LogP) is 8.87. The van der Waals surface area contributed by atoms with E-state index in [1.807, 2.05) is 47.4 Å². The molecule has 0 aromatic heterocycles. The highest BCUT2D eigenvalue weighted by atomic mass is 19.3. The van der Waals surface area contributed by atoms with Crippen LogP contribution in [0.1, 0.15) is 63.6 Å². The highest BCUT2D eigenvalue weighted by Crippen LogP contribution is 2.31. The van der Waals surface area contributed by atoms with Crippen molar-refractivity contribution in [1.82, 2.24) is 9.80 Å². The first kappa shape index (κ1) is 37.9. The quantitative estimate of drug-likeness (QED) is 0.246. The number of nitrogens with one attached hydrogen (secondary N) is 1. The molecule has 3 aromatic rings. The van der Waals surface area contributed by atoms with Crippen LogP contribution in [-0.2, 0) is 17.3 Å². The van der Waals surface area contributed by atoms with Gasteiger partial charge in [-0.3, -0.25) is 0 Å². The lowest BCUT2D eigenvalue weighted by Crippen LogP contribution is -2.18. The Morgan fingerprint density at radius 3 is 2.14 bits per heavy atom. The molecule has 238 valence electrons. The lowest BCUT2D eigenvalue weighted by molar-refractivity contribution is -0.108. The predicted molar refractivity (Wildman–Crippen MR) is 176 cm³/mol. The van der Waals surface area contributed by atoms with E-state index in [9.17, 15) is 18.0 Å². The van der Waals surface area contributed by atoms with Crippen molar-refractivity contribution in [2.75, 3.05) is 38.5 Å². The Balaban J connectivity index is 0.000000355. The van der Waals surface area contributed by atoms with Gasteiger partial charge in [0.25, 0.3) is 5.92 Å². The lowest BCUT2D eigenvalue weighted by Gasteiger charge is -2.16. The molecule has 3 aromatic carbocycles. The second-order valence-corrected chi connectivity index (χ2v) is 10.3. The van der Waals surface area contributed by atoms with Crippen LogP contribution in [0.3, 0.4) is 0 Å². The van der Waals surface area contributed by atoms with Gasteiger partial charge in [-0.05, 0) is 85.7 Å². The minimum absolute atomic E-state index is 0.343. The molecule has 0 saturated carbocycles. The van der Waals surface area contributed by atoms with E-state index >= 15 is 0 Å². The van der Waals surface area contributed by atoms with Gasteiger partial charge in [0.1, 0.15) is 12.1 Å². The number of carbonyl (C=O) groups excluding carboxylic acids is 1. The van der Waals surface area contributed by atoms with Crippen LogP contribution in [0.5, 0.6) is 0 Å². The van der Waals surface area contributed by atoms with Crippen LogP contribution < -0.4 is 5.32 Å². The molecule has 44 heavy (non-hydrogen) atoms. The molecule has 0 spiro atoms. The number of likely N-dealkylation sites (tertiary alicyclic amines) is 1. The summed E-state index contributed by atoms with van der Waals surface area (Å²) in [5, 5.41) is 11.6. The van der Waals surface area contributed by atoms with Crippen molar-refractivity contribution in [3.05, 3.63) is 102 Å². The van der Waals surface area contributed by atoms with Crippen molar-refractivity contribution in [3.8, 4) is 17.2 Å². The number of rotatable bonds is 9. The van der Waals surface area contributed by atoms with Gasteiger partial charge in [-0.25, -0.2) is 13.2 Å². The van der Waals surface area contributed by atoms with Gasteiger partial charge in [0.15, 0.2) is 0 Å². The maximum absolute atomic E-state index is 12.9. The zero-order valence-corrected chi connectivity index (χ0v) is 26.8. The summed E-state index contributed by atoms with van der Waals surface area (Å²) in [7, 11) is 1.59. The summed E-state index contributed by atoms with van der Waals surface area (Å²) in [6.07, 6.45) is 6.63. The van der Waals surface area contributed by atoms with Crippen molar-refractivity contribution in [1.29, 1.82) is 5.26 Å². The van der Waals surface area contributed by atoms with E-state index in [2.05, 4.69) is 43.6 Å². The maximum atomic E-state index is 12.9. The highest BCUT2D eigenvalue weighted by molar-refractivity contribution is 5.65. The standard InChI is InChI=1S/C18H16N2O.C9H10F3N.C6H13N.C3H8/c1-2-20(10-11-21)14-15-6-8-17(9-7-15)18-5-3-4-16(12-18)13-19;1-9(11,12)7-5-6(13-2)3-4-8(7)10;1-2-7-5-3-4-6-7;1-3-2/h2-9,11-12H,1,10,14H2;3-5,13H,1-2H3;2-6H2,1H3;3H2,1-2H3. The largest absolute Gasteiger partial charge is 0.388 e. The van der Waals surface area contributed by atoms with Gasteiger partial charge in [-0.15, -0.1) is 0 Å². The van der Waals surface area contributed by atoms with Gasteiger partial charge in [-0.1, -0.05) is 70.2 Å². The van der Waals surface area contributed by atoms with Crippen molar-refractivity contribution in [2.24, 2.45) is 0 Å². The smallest absolute Gasteiger partial charge is 0.273 e. The number of carbonyl (C=O) groups is 1. The molecule has 1 N–H and O–H groups in total. The molecule has 1 aliphatic rings. The van der Waals surface area contributed by atoms with Crippen LogP contribution in [0, 0.1) is 17.1 Å². The topological polar surface area (TPSA) is 59.4 Å². The first-order chi connectivity index (χ1) is 21.1. The summed E-state index contributed by atoms with van der Waals surface area (Å²) < 4.78 is 38.4. The number of halogens is 3. The molecule has 0 bridgehead atoms. The summed E-state index contributed by atoms with van der Waals surface area (Å²) in [5.41, 5.74) is 3.74. The molecular formula is C36H47F3N4O. The number of anilines is 1. The van der Waals surface area contributed by atoms with Crippen molar-refractivity contribution >= 4 is 12.0 Å². The number of nitrogens with zero attached hydrogens (tertiary/aromatic N) is 3. The SMILES string of the molecule is C=CN(CC=O)Cc1ccc(-c2cccc(C#N)c2)cc1.CCC.CCN1CCCC1.CNc1ccc(F)c(C(C)(F)F)c1. The van der Waals surface area contributed by atoms with Crippen LogP contribution in [0.2, 0.25) is 0 Å². The minimum atomic E-state index is -3.14. The zero-order valence-electron chi connectivity index (χ0n) is 26.8. The molecule has 5 nitrogen and oxygen atoms in total. The molecule has 1 fully saturated rings. The van der Waals surface area contributed by atoms with E-state index in [0.717, 1.165) is 35.1 Å². The fraction of sp³-hybridized carbons (Fsp3) is 0.389. The van der Waals surface area contributed by atoms with E-state index in [0.29, 0.717) is 31.3 Å². The van der Waals surface area contributed by atoms with Crippen molar-refractivity contribution in [3.63, 3.8) is 0 Å².